The zero-order valence-electron chi connectivity index (χ0n) is 20.8. The van der Waals surface area contributed by atoms with Crippen molar-refractivity contribution in [2.45, 2.75) is 75.2 Å². The van der Waals surface area contributed by atoms with Crippen molar-refractivity contribution < 1.29 is 27.1 Å². The number of ether oxygens (including phenoxy) is 1. The van der Waals surface area contributed by atoms with Crippen LogP contribution in [0.1, 0.15) is 67.6 Å². The summed E-state index contributed by atoms with van der Waals surface area (Å²) in [6.45, 7) is 2.21. The van der Waals surface area contributed by atoms with Crippen LogP contribution in [0.15, 0.2) is 42.7 Å². The van der Waals surface area contributed by atoms with Crippen LogP contribution in [0.3, 0.4) is 0 Å². The molecule has 2 atom stereocenters. The maximum Gasteiger partial charge on any atom is 0.416 e. The molecule has 3 heterocycles. The van der Waals surface area contributed by atoms with E-state index in [0.29, 0.717) is 37.4 Å². The number of nitrogens with one attached hydrogen (secondary N) is 1. The van der Waals surface area contributed by atoms with E-state index in [1.165, 1.54) is 5.56 Å². The van der Waals surface area contributed by atoms with E-state index in [1.54, 1.807) is 6.20 Å². The number of piperidine rings is 1. The summed E-state index contributed by atoms with van der Waals surface area (Å²) in [5.74, 6) is -0.347. The van der Waals surface area contributed by atoms with Gasteiger partial charge in [0.1, 0.15) is 11.4 Å². The zero-order valence-corrected chi connectivity index (χ0v) is 20.8. The molecule has 9 heteroatoms. The van der Waals surface area contributed by atoms with Gasteiger partial charge in [0.05, 0.1) is 12.2 Å². The number of rotatable bonds is 7. The number of carbonyl (C=O) groups excluding carboxylic acids is 1. The molecule has 200 valence electrons. The van der Waals surface area contributed by atoms with Crippen molar-refractivity contribution in [3.63, 3.8) is 0 Å². The van der Waals surface area contributed by atoms with Gasteiger partial charge >= 0.3 is 6.18 Å². The van der Waals surface area contributed by atoms with Crippen molar-refractivity contribution in [2.75, 3.05) is 19.7 Å². The summed E-state index contributed by atoms with van der Waals surface area (Å²) in [6, 6.07) is 6.72. The van der Waals surface area contributed by atoms with E-state index in [0.717, 1.165) is 57.3 Å². The number of carbonyl (C=O) groups is 1. The molecule has 0 spiro atoms. The third-order valence-corrected chi connectivity index (χ3v) is 8.10. The van der Waals surface area contributed by atoms with Crippen LogP contribution in [-0.2, 0) is 22.3 Å². The predicted molar refractivity (Wildman–Crippen MR) is 130 cm³/mol. The quantitative estimate of drug-likeness (QED) is 0.494. The monoisotopic (exact) mass is 519 g/mol. The van der Waals surface area contributed by atoms with Crippen molar-refractivity contribution in [3.05, 3.63) is 65.2 Å². The topological polar surface area (TPSA) is 54.5 Å². The van der Waals surface area contributed by atoms with E-state index in [-0.39, 0.29) is 24.1 Å². The minimum Gasteiger partial charge on any atom is -0.364 e. The first-order chi connectivity index (χ1) is 17.7. The summed E-state index contributed by atoms with van der Waals surface area (Å²) >= 11 is 0. The molecule has 0 radical (unpaired) electrons. The Morgan fingerprint density at radius 3 is 2.54 bits per heavy atom. The number of alkyl halides is 3. The van der Waals surface area contributed by atoms with E-state index in [4.69, 9.17) is 4.74 Å². The molecule has 1 aromatic heterocycles. The van der Waals surface area contributed by atoms with Crippen LogP contribution < -0.4 is 5.32 Å². The average molecular weight is 520 g/mol. The SMILES string of the molecule is O=C(NCc1cc(F)cc(C(F)(F)F)c1)[C@@]1(CC2CC2)CCC(N2CCC(c3cccnc3)CC2)CO1. The van der Waals surface area contributed by atoms with Gasteiger partial charge in [-0.05, 0) is 92.4 Å². The predicted octanol–water partition coefficient (Wildman–Crippen LogP) is 5.45. The minimum atomic E-state index is -4.65. The number of amides is 1. The summed E-state index contributed by atoms with van der Waals surface area (Å²) in [5, 5.41) is 2.75. The Balaban J connectivity index is 1.18. The average Bonchev–Trinajstić information content (AvgIpc) is 3.71. The third kappa shape index (κ3) is 6.32. The van der Waals surface area contributed by atoms with Gasteiger partial charge in [-0.3, -0.25) is 14.7 Å². The maximum absolute atomic E-state index is 13.8. The number of pyridine rings is 1. The number of hydrogen-bond donors (Lipinski definition) is 1. The van der Waals surface area contributed by atoms with E-state index >= 15 is 0 Å². The lowest BCUT2D eigenvalue weighted by Crippen LogP contribution is -2.56. The first-order valence-corrected chi connectivity index (χ1v) is 13.1. The normalized spacial score (nSPS) is 25.7. The highest BCUT2D eigenvalue weighted by atomic mass is 19.4. The number of nitrogens with zero attached hydrogens (tertiary/aromatic N) is 2. The highest BCUT2D eigenvalue weighted by Gasteiger charge is 2.47. The Bertz CT molecular complexity index is 1070. The molecule has 1 aliphatic carbocycles. The molecular formula is C28H33F4N3O2. The Kier molecular flexibility index (Phi) is 7.54. The van der Waals surface area contributed by atoms with Crippen LogP contribution in [0.4, 0.5) is 17.6 Å². The lowest BCUT2D eigenvalue weighted by Gasteiger charge is -2.44. The summed E-state index contributed by atoms with van der Waals surface area (Å²) in [4.78, 5) is 20.0. The van der Waals surface area contributed by atoms with E-state index < -0.39 is 23.2 Å². The number of likely N-dealkylation sites (tertiary alicyclic amines) is 1. The van der Waals surface area contributed by atoms with Crippen molar-refractivity contribution >= 4 is 5.91 Å². The molecule has 5 nitrogen and oxygen atoms in total. The highest BCUT2D eigenvalue weighted by Crippen LogP contribution is 2.43. The summed E-state index contributed by atoms with van der Waals surface area (Å²) in [6.07, 6.45) is 5.34. The second-order valence-electron chi connectivity index (χ2n) is 10.8. The number of aromatic nitrogens is 1. The van der Waals surface area contributed by atoms with E-state index in [9.17, 15) is 22.4 Å². The second-order valence-corrected chi connectivity index (χ2v) is 10.8. The fourth-order valence-corrected chi connectivity index (χ4v) is 5.79. The Morgan fingerprint density at radius 1 is 1.14 bits per heavy atom. The fraction of sp³-hybridized carbons (Fsp3) is 0.571. The molecule has 1 aromatic carbocycles. The molecular weight excluding hydrogens is 486 g/mol. The van der Waals surface area contributed by atoms with Gasteiger partial charge in [-0.15, -0.1) is 0 Å². The third-order valence-electron chi connectivity index (χ3n) is 8.10. The van der Waals surface area contributed by atoms with Crippen LogP contribution >= 0.6 is 0 Å². The van der Waals surface area contributed by atoms with Crippen molar-refractivity contribution in [2.24, 2.45) is 5.92 Å². The second kappa shape index (κ2) is 10.7. The largest absolute Gasteiger partial charge is 0.416 e. The van der Waals surface area contributed by atoms with E-state index in [2.05, 4.69) is 21.3 Å². The van der Waals surface area contributed by atoms with Crippen LogP contribution in [0, 0.1) is 11.7 Å². The Hall–Kier alpha value is -2.52. The van der Waals surface area contributed by atoms with Crippen LogP contribution in [0.25, 0.3) is 0 Å². The van der Waals surface area contributed by atoms with Gasteiger partial charge in [-0.25, -0.2) is 4.39 Å². The molecule has 0 bridgehead atoms. The van der Waals surface area contributed by atoms with Crippen molar-refractivity contribution in [1.29, 1.82) is 0 Å². The van der Waals surface area contributed by atoms with Gasteiger partial charge in [0, 0.05) is 25.0 Å². The summed E-state index contributed by atoms with van der Waals surface area (Å²) < 4.78 is 59.3. The first kappa shape index (κ1) is 26.1. The molecule has 2 saturated heterocycles. The zero-order chi connectivity index (χ0) is 26.0. The lowest BCUT2D eigenvalue weighted by molar-refractivity contribution is -0.163. The van der Waals surface area contributed by atoms with Gasteiger partial charge < -0.3 is 10.1 Å². The molecule has 5 rings (SSSR count). The van der Waals surface area contributed by atoms with Crippen molar-refractivity contribution in [1.82, 2.24) is 15.2 Å². The maximum atomic E-state index is 13.8. The van der Waals surface area contributed by atoms with Crippen LogP contribution in [0.2, 0.25) is 0 Å². The van der Waals surface area contributed by atoms with Crippen molar-refractivity contribution in [3.8, 4) is 0 Å². The van der Waals surface area contributed by atoms with Gasteiger partial charge in [-0.1, -0.05) is 18.9 Å². The molecule has 2 aromatic rings. The summed E-state index contributed by atoms with van der Waals surface area (Å²) in [7, 11) is 0. The van der Waals surface area contributed by atoms with Crippen LogP contribution in [-0.4, -0.2) is 47.1 Å². The standard InChI is InChI=1S/C28H33F4N3O2/c29-24-13-20(12-23(14-24)28(30,31)32)16-34-26(36)27(15-19-3-4-19)8-5-25(18-37-27)35-10-6-21(7-11-35)22-2-1-9-33-17-22/h1-2,9,12-14,17,19,21,25H,3-8,10-11,15-16,18H2,(H,34,36)/t25?,27-/m0/s1. The molecule has 3 aliphatic rings. The number of hydrogen-bond acceptors (Lipinski definition) is 4. The minimum absolute atomic E-state index is 0.0763. The van der Waals surface area contributed by atoms with Gasteiger partial charge in [0.2, 0.25) is 0 Å². The molecule has 1 amide bonds. The first-order valence-electron chi connectivity index (χ1n) is 13.1. The van der Waals surface area contributed by atoms with E-state index in [1.807, 2.05) is 12.3 Å². The molecule has 2 aliphatic heterocycles. The fourth-order valence-electron chi connectivity index (χ4n) is 5.79. The molecule has 1 N–H and O–H groups in total. The van der Waals surface area contributed by atoms with Gasteiger partial charge in [0.25, 0.3) is 5.91 Å². The Labute approximate surface area is 214 Å². The molecule has 37 heavy (non-hydrogen) atoms. The highest BCUT2D eigenvalue weighted by molar-refractivity contribution is 5.85. The Morgan fingerprint density at radius 2 is 1.92 bits per heavy atom. The van der Waals surface area contributed by atoms with Gasteiger partial charge in [-0.2, -0.15) is 13.2 Å². The molecule has 1 saturated carbocycles. The molecule has 1 unspecified atom stereocenters. The molecule has 3 fully saturated rings. The number of halogens is 4. The smallest absolute Gasteiger partial charge is 0.364 e. The van der Waals surface area contributed by atoms with Gasteiger partial charge in [0.15, 0.2) is 0 Å². The lowest BCUT2D eigenvalue weighted by atomic mass is 9.84. The summed E-state index contributed by atoms with van der Waals surface area (Å²) in [5.41, 5.74) is -0.685. The number of benzene rings is 1. The van der Waals surface area contributed by atoms with Crippen LogP contribution in [0.5, 0.6) is 0 Å².